The van der Waals surface area contributed by atoms with Crippen LogP contribution in [0.5, 0.6) is 11.5 Å². The highest BCUT2D eigenvalue weighted by Crippen LogP contribution is 2.32. The van der Waals surface area contributed by atoms with Crippen molar-refractivity contribution in [3.8, 4) is 11.5 Å². The molecule has 0 bridgehead atoms. The monoisotopic (exact) mass is 367 g/mol. The van der Waals surface area contributed by atoms with Gasteiger partial charge in [0.05, 0.1) is 5.02 Å². The molecule has 5 heteroatoms. The Bertz CT molecular complexity index is 686. The molecular weight excluding hydrogens is 354 g/mol. The summed E-state index contributed by atoms with van der Waals surface area (Å²) in [4.78, 5) is 4.25. The number of benzene rings is 2. The number of rotatable bonds is 4. The van der Waals surface area contributed by atoms with E-state index in [1.807, 2.05) is 12.1 Å². The zero-order chi connectivity index (χ0) is 15.4. The van der Waals surface area contributed by atoms with Crippen LogP contribution in [0.2, 0.25) is 5.02 Å². The van der Waals surface area contributed by atoms with Gasteiger partial charge < -0.3 is 10.2 Å². The fourth-order valence-corrected chi connectivity index (χ4v) is 2.77. The normalized spacial score (nSPS) is 11.2. The predicted octanol–water partition coefficient (Wildman–Crippen LogP) is 5.22. The van der Waals surface area contributed by atoms with Crippen LogP contribution < -0.4 is 0 Å². The molecule has 3 nitrogen and oxygen atoms in total. The Kier molecular flexibility index (Phi) is 5.26. The molecule has 0 fully saturated rings. The van der Waals surface area contributed by atoms with Crippen LogP contribution in [0.4, 0.5) is 5.69 Å². The molecule has 0 aliphatic heterocycles. The lowest BCUT2D eigenvalue weighted by atomic mass is 10.1. The van der Waals surface area contributed by atoms with E-state index in [1.54, 1.807) is 18.2 Å². The number of aryl methyl sites for hydroxylation is 1. The van der Waals surface area contributed by atoms with Gasteiger partial charge in [0.25, 0.3) is 0 Å². The molecule has 2 rings (SSSR count). The smallest absolute Gasteiger partial charge is 0.143 e. The van der Waals surface area contributed by atoms with Crippen molar-refractivity contribution in [3.63, 3.8) is 0 Å². The van der Waals surface area contributed by atoms with Crippen molar-refractivity contribution in [2.24, 2.45) is 4.99 Å². The number of halogens is 2. The third kappa shape index (κ3) is 3.99. The van der Waals surface area contributed by atoms with E-state index in [9.17, 15) is 10.2 Å². The summed E-state index contributed by atoms with van der Waals surface area (Å²) in [5.41, 5.74) is 2.06. The Morgan fingerprint density at radius 1 is 1.24 bits per heavy atom. The Hall–Kier alpha value is -1.52. The second kappa shape index (κ2) is 6.96. The summed E-state index contributed by atoms with van der Waals surface area (Å²) in [5, 5.41) is 20.0. The summed E-state index contributed by atoms with van der Waals surface area (Å²) in [7, 11) is 0. The SMILES string of the molecule is CCCc1ccc(O)c(N=Cc2cc(Br)cc(Cl)c2O)c1. The highest BCUT2D eigenvalue weighted by Gasteiger charge is 2.06. The first kappa shape index (κ1) is 15.9. The van der Waals surface area contributed by atoms with E-state index >= 15 is 0 Å². The minimum atomic E-state index is -0.0344. The van der Waals surface area contributed by atoms with E-state index in [2.05, 4.69) is 27.8 Å². The Balaban J connectivity index is 2.35. The number of hydrogen-bond acceptors (Lipinski definition) is 3. The molecule has 2 aromatic carbocycles. The lowest BCUT2D eigenvalue weighted by Gasteiger charge is -2.05. The van der Waals surface area contributed by atoms with Crippen molar-refractivity contribution in [1.82, 2.24) is 0 Å². The quantitative estimate of drug-likeness (QED) is 0.727. The minimum absolute atomic E-state index is 0.0344. The van der Waals surface area contributed by atoms with E-state index in [0.717, 1.165) is 22.9 Å². The van der Waals surface area contributed by atoms with Gasteiger partial charge in [-0.15, -0.1) is 0 Å². The topological polar surface area (TPSA) is 52.8 Å². The summed E-state index contributed by atoms with van der Waals surface area (Å²) in [6.07, 6.45) is 3.43. The van der Waals surface area contributed by atoms with Crippen LogP contribution in [0.25, 0.3) is 0 Å². The second-order valence-corrected chi connectivity index (χ2v) is 5.98. The fourth-order valence-electron chi connectivity index (χ4n) is 1.94. The lowest BCUT2D eigenvalue weighted by molar-refractivity contribution is 0.474. The largest absolute Gasteiger partial charge is 0.506 e. The molecule has 0 heterocycles. The van der Waals surface area contributed by atoms with E-state index in [1.165, 1.54) is 6.21 Å². The van der Waals surface area contributed by atoms with E-state index in [-0.39, 0.29) is 16.5 Å². The van der Waals surface area contributed by atoms with Crippen molar-refractivity contribution < 1.29 is 10.2 Å². The number of aliphatic imine (C=N–C) groups is 1. The number of nitrogens with zero attached hydrogens (tertiary/aromatic N) is 1. The van der Waals surface area contributed by atoms with Gasteiger partial charge in [0.1, 0.15) is 17.2 Å². The summed E-state index contributed by atoms with van der Waals surface area (Å²) in [6, 6.07) is 8.66. The van der Waals surface area contributed by atoms with E-state index in [4.69, 9.17) is 11.6 Å². The minimum Gasteiger partial charge on any atom is -0.506 e. The molecule has 110 valence electrons. The van der Waals surface area contributed by atoms with Crippen molar-refractivity contribution in [2.45, 2.75) is 19.8 Å². The lowest BCUT2D eigenvalue weighted by Crippen LogP contribution is -1.85. The van der Waals surface area contributed by atoms with E-state index < -0.39 is 0 Å². The highest BCUT2D eigenvalue weighted by atomic mass is 79.9. The average molecular weight is 369 g/mol. The van der Waals surface area contributed by atoms with Gasteiger partial charge >= 0.3 is 0 Å². The first-order valence-corrected chi connectivity index (χ1v) is 7.72. The molecule has 0 amide bonds. The molecule has 0 unspecified atom stereocenters. The van der Waals surface area contributed by atoms with Gasteiger partial charge in [-0.25, -0.2) is 0 Å². The van der Waals surface area contributed by atoms with Crippen LogP contribution in [-0.2, 0) is 6.42 Å². The highest BCUT2D eigenvalue weighted by molar-refractivity contribution is 9.10. The maximum Gasteiger partial charge on any atom is 0.143 e. The number of phenols is 2. The van der Waals surface area contributed by atoms with Crippen LogP contribution in [0.3, 0.4) is 0 Å². The van der Waals surface area contributed by atoms with Gasteiger partial charge in [-0.1, -0.05) is 46.9 Å². The average Bonchev–Trinajstić information content (AvgIpc) is 2.44. The maximum atomic E-state index is 9.90. The van der Waals surface area contributed by atoms with Gasteiger partial charge in [-0.05, 0) is 36.2 Å². The third-order valence-corrected chi connectivity index (χ3v) is 3.72. The molecule has 0 aliphatic rings. The van der Waals surface area contributed by atoms with Crippen molar-refractivity contribution in [3.05, 3.63) is 51.0 Å². The molecule has 0 saturated heterocycles. The Morgan fingerprint density at radius 3 is 2.71 bits per heavy atom. The predicted molar refractivity (Wildman–Crippen MR) is 90.2 cm³/mol. The molecule has 2 N–H and O–H groups in total. The van der Waals surface area contributed by atoms with Gasteiger partial charge in [-0.3, -0.25) is 4.99 Å². The zero-order valence-corrected chi connectivity index (χ0v) is 13.8. The van der Waals surface area contributed by atoms with Crippen molar-refractivity contribution in [1.29, 1.82) is 0 Å². The van der Waals surface area contributed by atoms with Gasteiger partial charge in [0.15, 0.2) is 0 Å². The Morgan fingerprint density at radius 2 is 2.00 bits per heavy atom. The molecule has 2 aromatic rings. The zero-order valence-electron chi connectivity index (χ0n) is 11.5. The van der Waals surface area contributed by atoms with Crippen LogP contribution >= 0.6 is 27.5 Å². The summed E-state index contributed by atoms with van der Waals surface area (Å²) in [6.45, 7) is 2.09. The number of hydrogen-bond donors (Lipinski definition) is 2. The molecule has 21 heavy (non-hydrogen) atoms. The molecule has 0 spiro atoms. The number of aromatic hydroxyl groups is 2. The maximum absolute atomic E-state index is 9.90. The Labute approximate surface area is 137 Å². The summed E-state index contributed by atoms with van der Waals surface area (Å²) in [5.74, 6) is 0.0690. The fraction of sp³-hybridized carbons (Fsp3) is 0.188. The van der Waals surface area contributed by atoms with Crippen LogP contribution in [0, 0.1) is 0 Å². The van der Waals surface area contributed by atoms with Crippen LogP contribution in [-0.4, -0.2) is 16.4 Å². The van der Waals surface area contributed by atoms with E-state index in [0.29, 0.717) is 11.3 Å². The first-order chi connectivity index (χ1) is 10.0. The summed E-state index contributed by atoms with van der Waals surface area (Å²) >= 11 is 9.22. The standard InChI is InChI=1S/C16H15BrClNO2/c1-2-3-10-4-5-15(20)14(6-10)19-9-11-7-12(17)8-13(18)16(11)21/h4-9,20-21H,2-3H2,1H3. The molecule has 0 saturated carbocycles. The molecule has 0 aromatic heterocycles. The number of phenolic OH excluding ortho intramolecular Hbond substituents is 2. The second-order valence-electron chi connectivity index (χ2n) is 4.66. The van der Waals surface area contributed by atoms with Crippen molar-refractivity contribution >= 4 is 39.4 Å². The third-order valence-electron chi connectivity index (χ3n) is 2.98. The van der Waals surface area contributed by atoms with Gasteiger partial charge in [0, 0.05) is 16.3 Å². The summed E-state index contributed by atoms with van der Waals surface area (Å²) < 4.78 is 0.746. The van der Waals surface area contributed by atoms with Gasteiger partial charge in [-0.2, -0.15) is 0 Å². The molecule has 0 radical (unpaired) electrons. The molecule has 0 aliphatic carbocycles. The van der Waals surface area contributed by atoms with Gasteiger partial charge in [0.2, 0.25) is 0 Å². The van der Waals surface area contributed by atoms with Crippen LogP contribution in [0.15, 0.2) is 39.8 Å². The molecular formula is C16H15BrClNO2. The van der Waals surface area contributed by atoms with Crippen molar-refractivity contribution in [2.75, 3.05) is 0 Å². The molecule has 0 atom stereocenters. The van der Waals surface area contributed by atoms with Crippen LogP contribution in [0.1, 0.15) is 24.5 Å². The first-order valence-electron chi connectivity index (χ1n) is 6.55.